The zero-order valence-corrected chi connectivity index (χ0v) is 14.3. The van der Waals surface area contributed by atoms with Gasteiger partial charge >= 0.3 is 0 Å². The molecule has 0 saturated heterocycles. The number of carbonyl (C=O) groups excluding carboxylic acids is 1. The summed E-state index contributed by atoms with van der Waals surface area (Å²) in [6.07, 6.45) is 6.37. The quantitative estimate of drug-likeness (QED) is 0.720. The molecule has 2 heterocycles. The van der Waals surface area contributed by atoms with E-state index in [2.05, 4.69) is 20.5 Å². The summed E-state index contributed by atoms with van der Waals surface area (Å²) in [6, 6.07) is 5.40. The maximum atomic E-state index is 12.5. The lowest BCUT2D eigenvalue weighted by atomic mass is 9.99. The van der Waals surface area contributed by atoms with Crippen LogP contribution in [0.3, 0.4) is 0 Å². The normalized spacial score (nSPS) is 13.4. The van der Waals surface area contributed by atoms with Crippen LogP contribution in [-0.2, 0) is 12.6 Å². The summed E-state index contributed by atoms with van der Waals surface area (Å²) in [6.45, 7) is 3.58. The van der Waals surface area contributed by atoms with E-state index in [1.807, 2.05) is 13.0 Å². The summed E-state index contributed by atoms with van der Waals surface area (Å²) in [5.41, 5.74) is 1.64. The molecule has 0 saturated carbocycles. The van der Waals surface area contributed by atoms with Gasteiger partial charge in [0.05, 0.1) is 18.4 Å². The summed E-state index contributed by atoms with van der Waals surface area (Å²) < 4.78 is 3.24. The number of nitrogens with one attached hydrogen (secondary N) is 1. The number of rotatable bonds is 5. The highest BCUT2D eigenvalue weighted by Crippen LogP contribution is 2.19. The molecule has 3 aromatic rings. The number of hydrogen-bond acceptors (Lipinski definition) is 5. The molecular weight excluding hydrogens is 320 g/mol. The molecule has 0 aliphatic heterocycles. The number of benzene rings is 1. The predicted octanol–water partition coefficient (Wildman–Crippen LogP) is 0.947. The molecule has 0 aliphatic rings. The molecule has 0 radical (unpaired) electrons. The summed E-state index contributed by atoms with van der Waals surface area (Å²) in [5, 5.41) is 21.4. The number of aryl methyl sites for hydroxylation is 2. The first-order chi connectivity index (χ1) is 11.9. The van der Waals surface area contributed by atoms with E-state index in [1.165, 1.54) is 6.33 Å². The maximum Gasteiger partial charge on any atom is 0.251 e. The highest BCUT2D eigenvalue weighted by atomic mass is 16.3. The van der Waals surface area contributed by atoms with Crippen molar-refractivity contribution >= 4 is 5.91 Å². The van der Waals surface area contributed by atoms with Gasteiger partial charge < -0.3 is 10.4 Å². The summed E-state index contributed by atoms with van der Waals surface area (Å²) in [4.78, 5) is 16.4. The van der Waals surface area contributed by atoms with E-state index in [0.29, 0.717) is 11.1 Å². The summed E-state index contributed by atoms with van der Waals surface area (Å²) in [7, 11) is 1.78. The van der Waals surface area contributed by atoms with Crippen LogP contribution >= 0.6 is 0 Å². The molecule has 25 heavy (non-hydrogen) atoms. The van der Waals surface area contributed by atoms with Crippen LogP contribution in [0.15, 0.2) is 43.2 Å². The average molecular weight is 340 g/mol. The van der Waals surface area contributed by atoms with Crippen molar-refractivity contribution in [1.82, 2.24) is 29.9 Å². The standard InChI is InChI=1S/C17H20N6O2/c1-12-6-14(23-11-18-10-21-23)4-5-15(12)16(24)19-9-17(2,25)13-7-20-22(3)8-13/h4-8,10-11,25H,9H2,1-3H3,(H,19,24). The zero-order chi connectivity index (χ0) is 18.0. The van der Waals surface area contributed by atoms with Crippen molar-refractivity contribution in [2.45, 2.75) is 19.4 Å². The third-order valence-electron chi connectivity index (χ3n) is 4.06. The van der Waals surface area contributed by atoms with Crippen LogP contribution in [0.25, 0.3) is 5.69 Å². The first-order valence-corrected chi connectivity index (χ1v) is 7.82. The van der Waals surface area contributed by atoms with Gasteiger partial charge in [0.15, 0.2) is 0 Å². The van der Waals surface area contributed by atoms with Crippen LogP contribution in [-0.4, -0.2) is 42.1 Å². The Labute approximate surface area is 145 Å². The fraction of sp³-hybridized carbons (Fsp3) is 0.294. The van der Waals surface area contributed by atoms with Gasteiger partial charge in [-0.2, -0.15) is 10.2 Å². The van der Waals surface area contributed by atoms with E-state index in [9.17, 15) is 9.90 Å². The number of aromatic nitrogens is 5. The van der Waals surface area contributed by atoms with Crippen LogP contribution in [0, 0.1) is 6.92 Å². The minimum atomic E-state index is -1.20. The van der Waals surface area contributed by atoms with E-state index < -0.39 is 5.60 Å². The second-order valence-corrected chi connectivity index (χ2v) is 6.20. The first-order valence-electron chi connectivity index (χ1n) is 7.82. The lowest BCUT2D eigenvalue weighted by Gasteiger charge is -2.22. The van der Waals surface area contributed by atoms with Crippen molar-refractivity contribution in [3.63, 3.8) is 0 Å². The van der Waals surface area contributed by atoms with Crippen LogP contribution in [0.2, 0.25) is 0 Å². The van der Waals surface area contributed by atoms with Gasteiger partial charge in [0.1, 0.15) is 18.3 Å². The van der Waals surface area contributed by atoms with E-state index >= 15 is 0 Å². The Hall–Kier alpha value is -3.00. The molecule has 0 bridgehead atoms. The number of amides is 1. The van der Waals surface area contributed by atoms with Crippen LogP contribution < -0.4 is 5.32 Å². The van der Waals surface area contributed by atoms with Gasteiger partial charge in [-0.1, -0.05) is 0 Å². The van der Waals surface area contributed by atoms with Crippen molar-refractivity contribution in [3.8, 4) is 5.69 Å². The predicted molar refractivity (Wildman–Crippen MR) is 91.2 cm³/mol. The number of nitrogens with zero attached hydrogens (tertiary/aromatic N) is 5. The molecule has 0 aliphatic carbocycles. The lowest BCUT2D eigenvalue weighted by Crippen LogP contribution is -2.38. The molecule has 1 unspecified atom stereocenters. The number of hydrogen-bond donors (Lipinski definition) is 2. The molecule has 8 heteroatoms. The van der Waals surface area contributed by atoms with Crippen LogP contribution in [0.1, 0.15) is 28.4 Å². The number of aliphatic hydroxyl groups is 1. The zero-order valence-electron chi connectivity index (χ0n) is 14.3. The van der Waals surface area contributed by atoms with Crippen molar-refractivity contribution in [2.75, 3.05) is 6.54 Å². The molecule has 2 N–H and O–H groups in total. The second kappa shape index (κ2) is 6.48. The molecule has 2 aromatic heterocycles. The maximum absolute atomic E-state index is 12.5. The molecule has 1 atom stereocenters. The Bertz CT molecular complexity index is 882. The molecule has 8 nitrogen and oxygen atoms in total. The topological polar surface area (TPSA) is 97.9 Å². The second-order valence-electron chi connectivity index (χ2n) is 6.20. The summed E-state index contributed by atoms with van der Waals surface area (Å²) >= 11 is 0. The Morgan fingerprint density at radius 3 is 2.76 bits per heavy atom. The highest BCUT2D eigenvalue weighted by molar-refractivity contribution is 5.95. The van der Waals surface area contributed by atoms with Gasteiger partial charge in [-0.15, -0.1) is 0 Å². The van der Waals surface area contributed by atoms with Gasteiger partial charge in [-0.3, -0.25) is 9.48 Å². The minimum absolute atomic E-state index is 0.0851. The van der Waals surface area contributed by atoms with Gasteiger partial charge in [-0.25, -0.2) is 9.67 Å². The third-order valence-corrected chi connectivity index (χ3v) is 4.06. The highest BCUT2D eigenvalue weighted by Gasteiger charge is 2.25. The van der Waals surface area contributed by atoms with Gasteiger partial charge in [0, 0.05) is 24.4 Å². The van der Waals surface area contributed by atoms with Crippen LogP contribution in [0.5, 0.6) is 0 Å². The average Bonchev–Trinajstić information content (AvgIpc) is 3.24. The van der Waals surface area contributed by atoms with Crippen molar-refractivity contribution in [3.05, 3.63) is 59.9 Å². The molecule has 0 fully saturated rings. The largest absolute Gasteiger partial charge is 0.383 e. The third kappa shape index (κ3) is 3.58. The van der Waals surface area contributed by atoms with Crippen LogP contribution in [0.4, 0.5) is 0 Å². The minimum Gasteiger partial charge on any atom is -0.383 e. The Kier molecular flexibility index (Phi) is 4.37. The fourth-order valence-corrected chi connectivity index (χ4v) is 2.54. The molecule has 3 rings (SSSR count). The van der Waals surface area contributed by atoms with E-state index in [1.54, 1.807) is 54.2 Å². The number of carbonyl (C=O) groups is 1. The smallest absolute Gasteiger partial charge is 0.251 e. The van der Waals surface area contributed by atoms with Crippen molar-refractivity contribution in [2.24, 2.45) is 7.05 Å². The molecule has 130 valence electrons. The van der Waals surface area contributed by atoms with Crippen molar-refractivity contribution < 1.29 is 9.90 Å². The van der Waals surface area contributed by atoms with E-state index in [4.69, 9.17) is 0 Å². The Morgan fingerprint density at radius 1 is 1.36 bits per heavy atom. The molecular formula is C17H20N6O2. The Morgan fingerprint density at radius 2 is 2.16 bits per heavy atom. The Balaban J connectivity index is 1.71. The van der Waals surface area contributed by atoms with Crippen molar-refractivity contribution in [1.29, 1.82) is 0 Å². The molecule has 1 aromatic carbocycles. The van der Waals surface area contributed by atoms with E-state index in [-0.39, 0.29) is 12.5 Å². The van der Waals surface area contributed by atoms with Gasteiger partial charge in [0.25, 0.3) is 5.91 Å². The van der Waals surface area contributed by atoms with E-state index in [0.717, 1.165) is 11.3 Å². The molecule has 1 amide bonds. The molecule has 0 spiro atoms. The monoisotopic (exact) mass is 340 g/mol. The SMILES string of the molecule is Cc1cc(-n2cncn2)ccc1C(=O)NCC(C)(O)c1cnn(C)c1. The van der Waals surface area contributed by atoms with Gasteiger partial charge in [0.2, 0.25) is 0 Å². The first kappa shape index (κ1) is 16.8. The van der Waals surface area contributed by atoms with Gasteiger partial charge in [-0.05, 0) is 37.6 Å². The lowest BCUT2D eigenvalue weighted by molar-refractivity contribution is 0.0525. The summed E-state index contributed by atoms with van der Waals surface area (Å²) in [5.74, 6) is -0.244. The fourth-order valence-electron chi connectivity index (χ4n) is 2.54.